The number of hydrogen-bond acceptors (Lipinski definition) is 5. The second-order valence-electron chi connectivity index (χ2n) is 7.30. The number of nitrogens with two attached hydrogens (primary N) is 1. The maximum Gasteiger partial charge on any atom is 0.255 e. The van der Waals surface area contributed by atoms with Gasteiger partial charge in [-0.2, -0.15) is 5.10 Å². The first-order chi connectivity index (χ1) is 15.2. The van der Waals surface area contributed by atoms with Gasteiger partial charge in [-0.05, 0) is 38.1 Å². The van der Waals surface area contributed by atoms with E-state index >= 15 is 0 Å². The average Bonchev–Trinajstić information content (AvgIpc) is 3.05. The molecule has 0 radical (unpaired) electrons. The van der Waals surface area contributed by atoms with E-state index in [2.05, 4.69) is 5.10 Å². The third kappa shape index (κ3) is 4.86. The predicted octanol–water partition coefficient (Wildman–Crippen LogP) is 3.29. The van der Waals surface area contributed by atoms with Crippen molar-refractivity contribution in [1.82, 2.24) is 14.7 Å². The second-order valence-corrected chi connectivity index (χ2v) is 7.71. The lowest BCUT2D eigenvalue weighted by atomic mass is 10.1. The minimum atomic E-state index is -0.648. The number of para-hydroxylation sites is 1. The van der Waals surface area contributed by atoms with Crippen molar-refractivity contribution in [2.75, 3.05) is 20.8 Å². The van der Waals surface area contributed by atoms with Crippen LogP contribution in [0.2, 0.25) is 5.02 Å². The van der Waals surface area contributed by atoms with E-state index in [0.717, 1.165) is 22.6 Å². The second kappa shape index (κ2) is 9.74. The van der Waals surface area contributed by atoms with Crippen LogP contribution in [-0.4, -0.2) is 47.3 Å². The summed E-state index contributed by atoms with van der Waals surface area (Å²) >= 11 is 6.29. The van der Waals surface area contributed by atoms with E-state index < -0.39 is 5.91 Å². The van der Waals surface area contributed by atoms with Crippen LogP contribution in [0.1, 0.15) is 27.3 Å². The molecule has 2 aromatic carbocycles. The monoisotopic (exact) mass is 456 g/mol. The number of amides is 2. The van der Waals surface area contributed by atoms with E-state index in [1.165, 1.54) is 19.2 Å². The number of aryl methyl sites for hydroxylation is 1. The third-order valence-corrected chi connectivity index (χ3v) is 5.30. The number of primary amides is 1. The van der Waals surface area contributed by atoms with Gasteiger partial charge in [-0.1, -0.05) is 29.8 Å². The number of ether oxygens (including phenoxy) is 2. The van der Waals surface area contributed by atoms with Crippen molar-refractivity contribution >= 4 is 23.4 Å². The Morgan fingerprint density at radius 2 is 1.88 bits per heavy atom. The number of rotatable bonds is 8. The highest BCUT2D eigenvalue weighted by Crippen LogP contribution is 2.36. The largest absolute Gasteiger partial charge is 0.493 e. The molecule has 2 amide bonds. The van der Waals surface area contributed by atoms with Crippen LogP contribution in [0.5, 0.6) is 11.5 Å². The van der Waals surface area contributed by atoms with Gasteiger partial charge in [0.25, 0.3) is 11.8 Å². The Morgan fingerprint density at radius 3 is 2.50 bits per heavy atom. The van der Waals surface area contributed by atoms with Gasteiger partial charge in [0.05, 0.1) is 23.5 Å². The van der Waals surface area contributed by atoms with Crippen LogP contribution in [0.15, 0.2) is 42.5 Å². The van der Waals surface area contributed by atoms with Gasteiger partial charge < -0.3 is 20.1 Å². The summed E-state index contributed by atoms with van der Waals surface area (Å²) in [5.74, 6) is -0.509. The molecule has 32 heavy (non-hydrogen) atoms. The summed E-state index contributed by atoms with van der Waals surface area (Å²) in [5.41, 5.74) is 9.17. The lowest BCUT2D eigenvalue weighted by Crippen LogP contribution is -2.27. The minimum absolute atomic E-state index is 0.145. The molecule has 0 fully saturated rings. The zero-order valence-electron chi connectivity index (χ0n) is 18.4. The molecule has 2 N–H and O–H groups in total. The number of aromatic nitrogens is 2. The quantitative estimate of drug-likeness (QED) is 0.560. The molecule has 0 bridgehead atoms. The molecule has 9 heteroatoms. The topological polar surface area (TPSA) is 99.7 Å². The first kappa shape index (κ1) is 23.1. The summed E-state index contributed by atoms with van der Waals surface area (Å²) in [6, 6.07) is 12.8. The Labute approximate surface area is 191 Å². The van der Waals surface area contributed by atoms with Crippen LogP contribution in [0.25, 0.3) is 5.69 Å². The van der Waals surface area contributed by atoms with Gasteiger partial charge in [0.2, 0.25) is 0 Å². The molecule has 8 nitrogen and oxygen atoms in total. The average molecular weight is 457 g/mol. The molecule has 168 valence electrons. The Morgan fingerprint density at radius 1 is 1.19 bits per heavy atom. The third-order valence-electron chi connectivity index (χ3n) is 5.02. The highest BCUT2D eigenvalue weighted by atomic mass is 35.5. The zero-order valence-corrected chi connectivity index (χ0v) is 19.1. The molecule has 0 spiro atoms. The smallest absolute Gasteiger partial charge is 0.255 e. The molecule has 0 saturated carbocycles. The van der Waals surface area contributed by atoms with Crippen molar-refractivity contribution in [3.8, 4) is 17.2 Å². The Bertz CT molecular complexity index is 1140. The van der Waals surface area contributed by atoms with Crippen molar-refractivity contribution in [3.63, 3.8) is 0 Å². The molecule has 0 atom stereocenters. The van der Waals surface area contributed by atoms with Crippen LogP contribution < -0.4 is 15.2 Å². The zero-order chi connectivity index (χ0) is 23.4. The fourth-order valence-corrected chi connectivity index (χ4v) is 3.65. The van der Waals surface area contributed by atoms with Gasteiger partial charge in [0.15, 0.2) is 18.1 Å². The van der Waals surface area contributed by atoms with Crippen LogP contribution in [0.3, 0.4) is 0 Å². The fraction of sp³-hybridized carbons (Fsp3) is 0.261. The van der Waals surface area contributed by atoms with E-state index in [1.807, 2.05) is 48.9 Å². The molecule has 0 aliphatic carbocycles. The van der Waals surface area contributed by atoms with Gasteiger partial charge in [0, 0.05) is 30.4 Å². The number of carbonyl (C=O) groups is 2. The van der Waals surface area contributed by atoms with Crippen molar-refractivity contribution < 1.29 is 19.1 Å². The first-order valence-corrected chi connectivity index (χ1v) is 10.2. The Kier molecular flexibility index (Phi) is 7.05. The molecule has 0 saturated heterocycles. The number of nitrogens with zero attached hydrogens (tertiary/aromatic N) is 3. The van der Waals surface area contributed by atoms with Crippen LogP contribution in [0.4, 0.5) is 0 Å². The molecular weight excluding hydrogens is 432 g/mol. The van der Waals surface area contributed by atoms with E-state index in [4.69, 9.17) is 26.8 Å². The lowest BCUT2D eigenvalue weighted by molar-refractivity contribution is -0.119. The number of halogens is 1. The van der Waals surface area contributed by atoms with Crippen molar-refractivity contribution in [2.24, 2.45) is 5.73 Å². The van der Waals surface area contributed by atoms with Gasteiger partial charge in [0.1, 0.15) is 0 Å². The van der Waals surface area contributed by atoms with Gasteiger partial charge in [-0.3, -0.25) is 9.59 Å². The standard InChI is InChI=1S/C23H25ClN4O4/c1-14-18(15(2)28(26-14)17-8-6-5-7-9-17)12-27(3)23(30)16-10-19(24)22(20(11-16)31-4)32-13-21(25)29/h5-11H,12-13H2,1-4H3,(H2,25,29). The van der Waals surface area contributed by atoms with Crippen molar-refractivity contribution in [2.45, 2.75) is 20.4 Å². The normalized spacial score (nSPS) is 10.7. The lowest BCUT2D eigenvalue weighted by Gasteiger charge is -2.19. The Hall–Kier alpha value is -3.52. The highest BCUT2D eigenvalue weighted by Gasteiger charge is 2.21. The molecule has 0 unspecified atom stereocenters. The minimum Gasteiger partial charge on any atom is -0.493 e. The summed E-state index contributed by atoms with van der Waals surface area (Å²) in [5, 5.41) is 4.78. The van der Waals surface area contributed by atoms with E-state index in [1.54, 1.807) is 11.9 Å². The predicted molar refractivity (Wildman–Crippen MR) is 122 cm³/mol. The summed E-state index contributed by atoms with van der Waals surface area (Å²) in [6.07, 6.45) is 0. The van der Waals surface area contributed by atoms with E-state index in [9.17, 15) is 9.59 Å². The Balaban J connectivity index is 1.84. The maximum atomic E-state index is 13.1. The van der Waals surface area contributed by atoms with Crippen molar-refractivity contribution in [3.05, 3.63) is 70.0 Å². The van der Waals surface area contributed by atoms with E-state index in [0.29, 0.717) is 12.1 Å². The van der Waals surface area contributed by atoms with Crippen LogP contribution in [-0.2, 0) is 11.3 Å². The summed E-state index contributed by atoms with van der Waals surface area (Å²) in [6.45, 7) is 3.91. The fourth-order valence-electron chi connectivity index (χ4n) is 3.38. The number of benzene rings is 2. The first-order valence-electron chi connectivity index (χ1n) is 9.87. The maximum absolute atomic E-state index is 13.1. The molecular formula is C23H25ClN4O4. The molecule has 0 aliphatic rings. The summed E-state index contributed by atoms with van der Waals surface area (Å²) in [4.78, 5) is 25.7. The summed E-state index contributed by atoms with van der Waals surface area (Å²) in [7, 11) is 3.13. The van der Waals surface area contributed by atoms with Crippen LogP contribution in [0, 0.1) is 13.8 Å². The number of methoxy groups -OCH3 is 1. The highest BCUT2D eigenvalue weighted by molar-refractivity contribution is 6.32. The van der Waals surface area contributed by atoms with Gasteiger partial charge in [-0.15, -0.1) is 0 Å². The molecule has 3 aromatic rings. The SMILES string of the molecule is COc1cc(C(=O)N(C)Cc2c(C)nn(-c3ccccc3)c2C)cc(Cl)c1OCC(N)=O. The van der Waals surface area contributed by atoms with Crippen LogP contribution >= 0.6 is 11.6 Å². The van der Waals surface area contributed by atoms with Gasteiger partial charge in [-0.25, -0.2) is 4.68 Å². The molecule has 1 aromatic heterocycles. The molecule has 0 aliphatic heterocycles. The van der Waals surface area contributed by atoms with Gasteiger partial charge >= 0.3 is 0 Å². The van der Waals surface area contributed by atoms with E-state index in [-0.39, 0.29) is 29.0 Å². The summed E-state index contributed by atoms with van der Waals surface area (Å²) < 4.78 is 12.5. The molecule has 3 rings (SSSR count). The molecule has 1 heterocycles. The van der Waals surface area contributed by atoms with Crippen molar-refractivity contribution in [1.29, 1.82) is 0 Å². The number of carbonyl (C=O) groups excluding carboxylic acids is 2. The number of hydrogen-bond donors (Lipinski definition) is 1.